The van der Waals surface area contributed by atoms with E-state index >= 15 is 0 Å². The smallest absolute Gasteiger partial charge is 0.255 e. The third-order valence-electron chi connectivity index (χ3n) is 4.09. The van der Waals surface area contributed by atoms with Crippen molar-refractivity contribution in [2.24, 2.45) is 0 Å². The minimum Gasteiger partial charge on any atom is -0.383 e. The van der Waals surface area contributed by atoms with Crippen LogP contribution in [-0.2, 0) is 9.53 Å². The number of methoxy groups -OCH3 is 1. The molecule has 2 atom stereocenters. The third-order valence-corrected chi connectivity index (χ3v) is 5.72. The fourth-order valence-electron chi connectivity index (χ4n) is 2.49. The lowest BCUT2D eigenvalue weighted by Gasteiger charge is -2.22. The molecule has 0 aliphatic rings. The standard InChI is InChI=1S/C20H19ClF3NO4S/c1-20(28,10-26)8-13(29-2)9-30-17-5-11(3-4-14(17)21)19(27)25-12-6-15(22)18(24)16(23)7-12/h3-7,10,13,28H,8-9H2,1-2H3,(H,25,27). The highest BCUT2D eigenvalue weighted by atomic mass is 35.5. The first-order chi connectivity index (χ1) is 14.1. The molecule has 0 radical (unpaired) electrons. The summed E-state index contributed by atoms with van der Waals surface area (Å²) in [6, 6.07) is 5.72. The second-order valence-electron chi connectivity index (χ2n) is 6.70. The van der Waals surface area contributed by atoms with Crippen LogP contribution >= 0.6 is 23.4 Å². The molecule has 0 bridgehead atoms. The zero-order valence-electron chi connectivity index (χ0n) is 16.0. The van der Waals surface area contributed by atoms with E-state index in [-0.39, 0.29) is 17.7 Å². The average molecular weight is 462 g/mol. The number of aliphatic hydroxyl groups is 1. The number of ether oxygens (including phenoxy) is 1. The highest BCUT2D eigenvalue weighted by molar-refractivity contribution is 7.99. The number of halogens is 4. The van der Waals surface area contributed by atoms with Gasteiger partial charge in [0.05, 0.1) is 11.1 Å². The van der Waals surface area contributed by atoms with Crippen LogP contribution in [0.3, 0.4) is 0 Å². The Kier molecular flexibility index (Phi) is 8.31. The molecule has 2 N–H and O–H groups in total. The zero-order valence-corrected chi connectivity index (χ0v) is 17.6. The average Bonchev–Trinajstić information content (AvgIpc) is 2.70. The van der Waals surface area contributed by atoms with Crippen LogP contribution in [0.1, 0.15) is 23.7 Å². The van der Waals surface area contributed by atoms with E-state index in [0.717, 1.165) is 0 Å². The molecule has 2 unspecified atom stereocenters. The van der Waals surface area contributed by atoms with Crippen molar-refractivity contribution in [2.75, 3.05) is 18.2 Å². The van der Waals surface area contributed by atoms with E-state index in [0.29, 0.717) is 34.1 Å². The maximum absolute atomic E-state index is 13.3. The van der Waals surface area contributed by atoms with Crippen LogP contribution in [0.5, 0.6) is 0 Å². The van der Waals surface area contributed by atoms with E-state index < -0.39 is 35.1 Å². The van der Waals surface area contributed by atoms with Gasteiger partial charge in [-0.15, -0.1) is 11.8 Å². The number of carbonyl (C=O) groups is 2. The third kappa shape index (κ3) is 6.46. The Morgan fingerprint density at radius 2 is 1.93 bits per heavy atom. The lowest BCUT2D eigenvalue weighted by Crippen LogP contribution is -2.33. The van der Waals surface area contributed by atoms with Gasteiger partial charge in [-0.05, 0) is 25.1 Å². The molecule has 0 heterocycles. The molecular weight excluding hydrogens is 443 g/mol. The van der Waals surface area contributed by atoms with Gasteiger partial charge in [-0.3, -0.25) is 4.79 Å². The van der Waals surface area contributed by atoms with Gasteiger partial charge < -0.3 is 20.0 Å². The SMILES string of the molecule is COC(CSc1cc(C(=O)Nc2cc(F)c(F)c(F)c2)ccc1Cl)CC(C)(O)C=O. The largest absolute Gasteiger partial charge is 0.383 e. The fraction of sp³-hybridized carbons (Fsp3) is 0.300. The van der Waals surface area contributed by atoms with Crippen molar-refractivity contribution in [3.05, 3.63) is 58.4 Å². The first-order valence-electron chi connectivity index (χ1n) is 8.66. The van der Waals surface area contributed by atoms with Crippen molar-refractivity contribution in [1.29, 1.82) is 0 Å². The molecule has 5 nitrogen and oxygen atoms in total. The van der Waals surface area contributed by atoms with E-state index in [2.05, 4.69) is 5.32 Å². The molecule has 2 rings (SSSR count). The van der Waals surface area contributed by atoms with Crippen molar-refractivity contribution in [3.63, 3.8) is 0 Å². The number of thioether (sulfide) groups is 1. The number of nitrogens with one attached hydrogen (secondary N) is 1. The molecule has 30 heavy (non-hydrogen) atoms. The molecular formula is C20H19ClF3NO4S. The Hall–Kier alpha value is -2.07. The molecule has 2 aromatic carbocycles. The summed E-state index contributed by atoms with van der Waals surface area (Å²) in [5, 5.41) is 12.5. The summed E-state index contributed by atoms with van der Waals surface area (Å²) >= 11 is 7.41. The van der Waals surface area contributed by atoms with Gasteiger partial charge in [0, 0.05) is 47.6 Å². The van der Waals surface area contributed by atoms with Gasteiger partial charge in [0.1, 0.15) is 5.60 Å². The Morgan fingerprint density at radius 3 is 2.50 bits per heavy atom. The van der Waals surface area contributed by atoms with Crippen LogP contribution in [0.25, 0.3) is 0 Å². The van der Waals surface area contributed by atoms with Gasteiger partial charge in [0.15, 0.2) is 23.7 Å². The number of benzene rings is 2. The minimum absolute atomic E-state index is 0.0689. The van der Waals surface area contributed by atoms with Crippen LogP contribution in [-0.4, -0.2) is 41.9 Å². The Balaban J connectivity index is 2.12. The fourth-order valence-corrected chi connectivity index (χ4v) is 3.81. The summed E-state index contributed by atoms with van der Waals surface area (Å²) in [7, 11) is 1.44. The van der Waals surface area contributed by atoms with E-state index in [1.165, 1.54) is 44.0 Å². The van der Waals surface area contributed by atoms with Crippen LogP contribution in [0.15, 0.2) is 35.2 Å². The molecule has 10 heteroatoms. The number of aldehydes is 1. The van der Waals surface area contributed by atoms with E-state index in [1.54, 1.807) is 0 Å². The van der Waals surface area contributed by atoms with E-state index in [4.69, 9.17) is 16.3 Å². The molecule has 0 fully saturated rings. The second-order valence-corrected chi connectivity index (χ2v) is 8.17. The van der Waals surface area contributed by atoms with Crippen LogP contribution in [0.4, 0.5) is 18.9 Å². The Morgan fingerprint density at radius 1 is 1.30 bits per heavy atom. The molecule has 2 aromatic rings. The summed E-state index contributed by atoms with van der Waals surface area (Å²) < 4.78 is 45.0. The Labute approximate surface area is 180 Å². The maximum atomic E-state index is 13.3. The molecule has 0 aliphatic carbocycles. The maximum Gasteiger partial charge on any atom is 0.255 e. The summed E-state index contributed by atoms with van der Waals surface area (Å²) in [5.41, 5.74) is -1.62. The first kappa shape index (κ1) is 24.2. The number of carbonyl (C=O) groups excluding carboxylic acids is 2. The van der Waals surface area contributed by atoms with Gasteiger partial charge in [0.2, 0.25) is 0 Å². The van der Waals surface area contributed by atoms with Crippen LogP contribution in [0.2, 0.25) is 5.02 Å². The van der Waals surface area contributed by atoms with Gasteiger partial charge in [-0.25, -0.2) is 13.2 Å². The van der Waals surface area contributed by atoms with Crippen molar-refractivity contribution in [3.8, 4) is 0 Å². The quantitative estimate of drug-likeness (QED) is 0.327. The number of hydrogen-bond donors (Lipinski definition) is 2. The summed E-state index contributed by atoms with van der Waals surface area (Å²) in [6.45, 7) is 1.37. The lowest BCUT2D eigenvalue weighted by atomic mass is 10.0. The molecule has 0 spiro atoms. The van der Waals surface area contributed by atoms with Crippen LogP contribution < -0.4 is 5.32 Å². The monoisotopic (exact) mass is 461 g/mol. The van der Waals surface area contributed by atoms with E-state index in [1.807, 2.05) is 0 Å². The highest BCUT2D eigenvalue weighted by Crippen LogP contribution is 2.30. The lowest BCUT2D eigenvalue weighted by molar-refractivity contribution is -0.125. The number of hydrogen-bond acceptors (Lipinski definition) is 5. The summed E-state index contributed by atoms with van der Waals surface area (Å²) in [4.78, 5) is 23.8. The van der Waals surface area contributed by atoms with Gasteiger partial charge in [0.25, 0.3) is 5.91 Å². The molecule has 0 saturated heterocycles. The molecule has 0 aliphatic heterocycles. The van der Waals surface area contributed by atoms with Crippen molar-refractivity contribution >= 4 is 41.2 Å². The highest BCUT2D eigenvalue weighted by Gasteiger charge is 2.25. The van der Waals surface area contributed by atoms with Crippen molar-refractivity contribution in [2.45, 2.75) is 29.9 Å². The van der Waals surface area contributed by atoms with Crippen molar-refractivity contribution < 1.29 is 32.6 Å². The second kappa shape index (κ2) is 10.3. The molecule has 1 amide bonds. The molecule has 0 aromatic heterocycles. The van der Waals surface area contributed by atoms with Gasteiger partial charge in [-0.1, -0.05) is 11.6 Å². The topological polar surface area (TPSA) is 75.6 Å². The molecule has 162 valence electrons. The number of amides is 1. The Bertz CT molecular complexity index is 919. The van der Waals surface area contributed by atoms with Crippen molar-refractivity contribution in [1.82, 2.24) is 0 Å². The molecule has 0 saturated carbocycles. The zero-order chi connectivity index (χ0) is 22.5. The first-order valence-corrected chi connectivity index (χ1v) is 10.0. The minimum atomic E-state index is -1.63. The van der Waals surface area contributed by atoms with Gasteiger partial charge in [-0.2, -0.15) is 0 Å². The van der Waals surface area contributed by atoms with Crippen LogP contribution in [0, 0.1) is 17.5 Å². The number of anilines is 1. The predicted octanol–water partition coefficient (Wildman–Crippen LogP) is 4.46. The summed E-state index contributed by atoms with van der Waals surface area (Å²) in [6.07, 6.45) is 0.0382. The number of rotatable bonds is 9. The van der Waals surface area contributed by atoms with Gasteiger partial charge >= 0.3 is 0 Å². The predicted molar refractivity (Wildman–Crippen MR) is 109 cm³/mol. The summed E-state index contributed by atoms with van der Waals surface area (Å²) in [5.74, 6) is -4.81. The normalized spacial score (nSPS) is 14.1. The van der Waals surface area contributed by atoms with E-state index in [9.17, 15) is 27.9 Å².